The minimum Gasteiger partial charge on any atom is -0.341 e. The molecular formula is C17H20ClN3O2S. The molecule has 0 aliphatic heterocycles. The van der Waals surface area contributed by atoms with Crippen LogP contribution in [0.15, 0.2) is 34.2 Å². The summed E-state index contributed by atoms with van der Waals surface area (Å²) in [7, 11) is 1.75. The SMILES string of the molecule is CSc1nc(C)c(CCC(=O)N(C)Cc2cccc(Cl)c2)c(=O)[nH]1. The van der Waals surface area contributed by atoms with Crippen LogP contribution in [0.1, 0.15) is 23.2 Å². The zero-order valence-corrected chi connectivity index (χ0v) is 15.5. The van der Waals surface area contributed by atoms with Crippen molar-refractivity contribution in [2.24, 2.45) is 0 Å². The lowest BCUT2D eigenvalue weighted by Crippen LogP contribution is -2.27. The highest BCUT2D eigenvalue weighted by Crippen LogP contribution is 2.13. The molecule has 0 saturated heterocycles. The number of carbonyl (C=O) groups excluding carboxylic acids is 1. The molecular weight excluding hydrogens is 346 g/mol. The Morgan fingerprint density at radius 3 is 2.79 bits per heavy atom. The highest BCUT2D eigenvalue weighted by Gasteiger charge is 2.13. The van der Waals surface area contributed by atoms with Crippen LogP contribution < -0.4 is 5.56 Å². The largest absolute Gasteiger partial charge is 0.341 e. The van der Waals surface area contributed by atoms with Gasteiger partial charge in [-0.3, -0.25) is 9.59 Å². The van der Waals surface area contributed by atoms with Gasteiger partial charge >= 0.3 is 0 Å². The molecule has 0 spiro atoms. The van der Waals surface area contributed by atoms with Crippen LogP contribution in [0.3, 0.4) is 0 Å². The Morgan fingerprint density at radius 2 is 2.17 bits per heavy atom. The third-order valence-electron chi connectivity index (χ3n) is 3.72. The van der Waals surface area contributed by atoms with Gasteiger partial charge in [0.2, 0.25) is 5.91 Å². The van der Waals surface area contributed by atoms with Crippen LogP contribution in [0, 0.1) is 6.92 Å². The zero-order valence-electron chi connectivity index (χ0n) is 13.9. The van der Waals surface area contributed by atoms with Gasteiger partial charge in [0.1, 0.15) is 0 Å². The molecule has 1 amide bonds. The summed E-state index contributed by atoms with van der Waals surface area (Å²) in [5.74, 6) is -0.0253. The maximum Gasteiger partial charge on any atom is 0.254 e. The van der Waals surface area contributed by atoms with Crippen LogP contribution in [0.5, 0.6) is 0 Å². The molecule has 0 radical (unpaired) electrons. The standard InChI is InChI=1S/C17H20ClN3O2S/c1-11-14(16(23)20-17(19-11)24-3)7-8-15(22)21(2)10-12-5-4-6-13(18)9-12/h4-6,9H,7-8,10H2,1-3H3,(H,19,20,23). The Morgan fingerprint density at radius 1 is 1.42 bits per heavy atom. The lowest BCUT2D eigenvalue weighted by Gasteiger charge is -2.17. The summed E-state index contributed by atoms with van der Waals surface area (Å²) >= 11 is 7.34. The second-order valence-electron chi connectivity index (χ2n) is 5.52. The van der Waals surface area contributed by atoms with Crippen molar-refractivity contribution in [3.05, 3.63) is 56.5 Å². The van der Waals surface area contributed by atoms with E-state index in [0.29, 0.717) is 34.4 Å². The number of amides is 1. The summed E-state index contributed by atoms with van der Waals surface area (Å²) < 4.78 is 0. The summed E-state index contributed by atoms with van der Waals surface area (Å²) in [6.45, 7) is 2.28. The van der Waals surface area contributed by atoms with E-state index >= 15 is 0 Å². The van der Waals surface area contributed by atoms with E-state index in [1.807, 2.05) is 24.5 Å². The number of rotatable bonds is 6. The van der Waals surface area contributed by atoms with Gasteiger partial charge in [-0.15, -0.1) is 0 Å². The summed E-state index contributed by atoms with van der Waals surface area (Å²) in [4.78, 5) is 33.1. The summed E-state index contributed by atoms with van der Waals surface area (Å²) in [5.41, 5.74) is 2.04. The van der Waals surface area contributed by atoms with Crippen molar-refractivity contribution in [3.8, 4) is 0 Å². The number of hydrogen-bond acceptors (Lipinski definition) is 4. The molecule has 0 aliphatic rings. The van der Waals surface area contributed by atoms with E-state index in [0.717, 1.165) is 5.56 Å². The van der Waals surface area contributed by atoms with E-state index in [4.69, 9.17) is 11.6 Å². The van der Waals surface area contributed by atoms with Gasteiger partial charge in [0.25, 0.3) is 5.56 Å². The Labute approximate surface area is 150 Å². The van der Waals surface area contributed by atoms with Crippen molar-refractivity contribution in [1.82, 2.24) is 14.9 Å². The van der Waals surface area contributed by atoms with Crippen molar-refractivity contribution in [2.75, 3.05) is 13.3 Å². The van der Waals surface area contributed by atoms with Crippen molar-refractivity contribution < 1.29 is 4.79 Å². The number of benzene rings is 1. The Balaban J connectivity index is 1.99. The predicted molar refractivity (Wildman–Crippen MR) is 97.6 cm³/mol. The zero-order chi connectivity index (χ0) is 17.7. The van der Waals surface area contributed by atoms with Crippen LogP contribution in [-0.2, 0) is 17.8 Å². The fourth-order valence-corrected chi connectivity index (χ4v) is 3.03. The van der Waals surface area contributed by atoms with Gasteiger partial charge in [0, 0.05) is 36.3 Å². The molecule has 24 heavy (non-hydrogen) atoms. The van der Waals surface area contributed by atoms with Gasteiger partial charge in [0.05, 0.1) is 0 Å². The predicted octanol–water partition coefficient (Wildman–Crippen LogP) is 3.04. The molecule has 2 aromatic rings. The van der Waals surface area contributed by atoms with Gasteiger partial charge in [-0.2, -0.15) is 0 Å². The van der Waals surface area contributed by atoms with Crippen LogP contribution in [0.2, 0.25) is 5.02 Å². The number of thioether (sulfide) groups is 1. The van der Waals surface area contributed by atoms with Crippen LogP contribution in [0.25, 0.3) is 0 Å². The lowest BCUT2D eigenvalue weighted by molar-refractivity contribution is -0.130. The van der Waals surface area contributed by atoms with Crippen molar-refractivity contribution in [2.45, 2.75) is 31.5 Å². The number of carbonyl (C=O) groups is 1. The fourth-order valence-electron chi connectivity index (χ4n) is 2.40. The first-order valence-electron chi connectivity index (χ1n) is 7.53. The Bertz CT molecular complexity index is 792. The number of halogens is 1. The van der Waals surface area contributed by atoms with E-state index < -0.39 is 0 Å². The minimum atomic E-state index is -0.169. The van der Waals surface area contributed by atoms with Crippen molar-refractivity contribution in [3.63, 3.8) is 0 Å². The van der Waals surface area contributed by atoms with Crippen LogP contribution in [-0.4, -0.2) is 34.1 Å². The van der Waals surface area contributed by atoms with Crippen LogP contribution >= 0.6 is 23.4 Å². The van der Waals surface area contributed by atoms with Crippen LogP contribution in [0.4, 0.5) is 0 Å². The smallest absolute Gasteiger partial charge is 0.254 e. The topological polar surface area (TPSA) is 66.1 Å². The van der Waals surface area contributed by atoms with Gasteiger partial charge < -0.3 is 9.88 Å². The second kappa shape index (κ2) is 8.35. The maximum atomic E-state index is 12.3. The molecule has 5 nitrogen and oxygen atoms in total. The quantitative estimate of drug-likeness (QED) is 0.631. The van der Waals surface area contributed by atoms with Gasteiger partial charge in [-0.1, -0.05) is 35.5 Å². The first-order valence-corrected chi connectivity index (χ1v) is 9.13. The maximum absolute atomic E-state index is 12.3. The number of aromatic amines is 1. The molecule has 128 valence electrons. The molecule has 0 fully saturated rings. The number of aromatic nitrogens is 2. The fraction of sp³-hybridized carbons (Fsp3) is 0.353. The average Bonchev–Trinajstić information content (AvgIpc) is 2.53. The van der Waals surface area contributed by atoms with Gasteiger partial charge in [0.15, 0.2) is 5.16 Å². The first kappa shape index (κ1) is 18.5. The summed E-state index contributed by atoms with van der Waals surface area (Å²) in [6, 6.07) is 7.42. The summed E-state index contributed by atoms with van der Waals surface area (Å²) in [5, 5.41) is 1.24. The number of hydrogen-bond donors (Lipinski definition) is 1. The van der Waals surface area contributed by atoms with Crippen molar-refractivity contribution >= 4 is 29.3 Å². The van der Waals surface area contributed by atoms with E-state index in [-0.39, 0.29) is 17.9 Å². The molecule has 1 N–H and O–H groups in total. The molecule has 1 aromatic carbocycles. The van der Waals surface area contributed by atoms with E-state index in [2.05, 4.69) is 9.97 Å². The minimum absolute atomic E-state index is 0.0253. The highest BCUT2D eigenvalue weighted by molar-refractivity contribution is 7.98. The average molecular weight is 366 g/mol. The molecule has 7 heteroatoms. The molecule has 1 aromatic heterocycles. The first-order chi connectivity index (χ1) is 11.4. The highest BCUT2D eigenvalue weighted by atomic mass is 35.5. The monoisotopic (exact) mass is 365 g/mol. The number of aryl methyl sites for hydroxylation is 1. The molecule has 0 bridgehead atoms. The molecule has 0 aliphatic carbocycles. The second-order valence-corrected chi connectivity index (χ2v) is 6.75. The van der Waals surface area contributed by atoms with E-state index in [9.17, 15) is 9.59 Å². The van der Waals surface area contributed by atoms with Gasteiger partial charge in [-0.05, 0) is 37.3 Å². The Hall–Kier alpha value is -1.79. The van der Waals surface area contributed by atoms with Crippen molar-refractivity contribution in [1.29, 1.82) is 0 Å². The van der Waals surface area contributed by atoms with E-state index in [1.165, 1.54) is 11.8 Å². The van der Waals surface area contributed by atoms with E-state index in [1.54, 1.807) is 24.9 Å². The third kappa shape index (κ3) is 4.85. The summed E-state index contributed by atoms with van der Waals surface area (Å²) in [6.07, 6.45) is 2.49. The number of H-pyrrole nitrogens is 1. The number of nitrogens with zero attached hydrogens (tertiary/aromatic N) is 2. The normalized spacial score (nSPS) is 10.7. The Kier molecular flexibility index (Phi) is 6.45. The molecule has 0 atom stereocenters. The van der Waals surface area contributed by atoms with Gasteiger partial charge in [-0.25, -0.2) is 4.98 Å². The third-order valence-corrected chi connectivity index (χ3v) is 4.53. The molecule has 0 saturated carbocycles. The number of nitrogens with one attached hydrogen (secondary N) is 1. The molecule has 2 rings (SSSR count). The molecule has 0 unspecified atom stereocenters. The lowest BCUT2D eigenvalue weighted by atomic mass is 10.1. The molecule has 1 heterocycles.